The number of fused-ring (bicyclic) bond motifs is 3. The first-order chi connectivity index (χ1) is 11.7. The van der Waals surface area contributed by atoms with E-state index < -0.39 is 0 Å². The lowest BCUT2D eigenvalue weighted by atomic mass is 10.1. The molecule has 2 aromatic heterocycles. The quantitative estimate of drug-likeness (QED) is 0.765. The van der Waals surface area contributed by atoms with Crippen molar-refractivity contribution in [3.63, 3.8) is 0 Å². The Hall–Kier alpha value is -2.25. The van der Waals surface area contributed by atoms with Crippen LogP contribution in [0.15, 0.2) is 30.6 Å². The highest BCUT2D eigenvalue weighted by molar-refractivity contribution is 5.94. The third-order valence-corrected chi connectivity index (χ3v) is 4.63. The smallest absolute Gasteiger partial charge is 0.130 e. The number of β-amino-alcohol motifs (C(OH)–C–C–N with tert-alkyl or cyclic N) is 1. The molecule has 0 bridgehead atoms. The molecule has 24 heavy (non-hydrogen) atoms. The molecule has 6 nitrogen and oxygen atoms in total. The van der Waals surface area contributed by atoms with Crippen molar-refractivity contribution in [2.75, 3.05) is 31.6 Å². The van der Waals surface area contributed by atoms with Gasteiger partial charge in [0.1, 0.15) is 18.0 Å². The van der Waals surface area contributed by atoms with Crippen molar-refractivity contribution in [3.05, 3.63) is 36.4 Å². The van der Waals surface area contributed by atoms with Gasteiger partial charge in [0.2, 0.25) is 0 Å². The predicted molar refractivity (Wildman–Crippen MR) is 90.6 cm³/mol. The minimum atomic E-state index is -0.285. The largest absolute Gasteiger partial charge is 0.395 e. The maximum absolute atomic E-state index is 13.3. The van der Waals surface area contributed by atoms with Gasteiger partial charge in [-0.1, -0.05) is 0 Å². The highest BCUT2D eigenvalue weighted by Crippen LogP contribution is 2.23. The molecule has 0 saturated carbocycles. The van der Waals surface area contributed by atoms with E-state index in [1.165, 1.54) is 12.1 Å². The number of aromatic nitrogens is 3. The molecular formula is C17H20FN5O. The number of nitrogens with zero attached hydrogens (tertiary/aromatic N) is 4. The first-order valence-corrected chi connectivity index (χ1v) is 8.26. The van der Waals surface area contributed by atoms with Gasteiger partial charge < -0.3 is 15.3 Å². The third kappa shape index (κ3) is 2.92. The Morgan fingerprint density at radius 2 is 2.08 bits per heavy atom. The number of aliphatic hydroxyl groups excluding tert-OH is 1. The summed E-state index contributed by atoms with van der Waals surface area (Å²) in [6, 6.07) is 6.99. The van der Waals surface area contributed by atoms with Gasteiger partial charge in [0.05, 0.1) is 17.6 Å². The normalized spacial score (nSPS) is 16.9. The van der Waals surface area contributed by atoms with Gasteiger partial charge in [-0.15, -0.1) is 0 Å². The van der Waals surface area contributed by atoms with Crippen LogP contribution in [0.5, 0.6) is 0 Å². The van der Waals surface area contributed by atoms with E-state index in [1.54, 1.807) is 16.9 Å². The fourth-order valence-electron chi connectivity index (χ4n) is 3.34. The first kappa shape index (κ1) is 15.3. The number of anilines is 1. The molecule has 126 valence electrons. The maximum atomic E-state index is 13.3. The molecule has 7 heteroatoms. The van der Waals surface area contributed by atoms with Gasteiger partial charge in [0.25, 0.3) is 0 Å². The van der Waals surface area contributed by atoms with Gasteiger partial charge in [-0.3, -0.25) is 0 Å². The van der Waals surface area contributed by atoms with E-state index in [0.29, 0.717) is 11.6 Å². The van der Waals surface area contributed by atoms with E-state index >= 15 is 0 Å². The average molecular weight is 329 g/mol. The van der Waals surface area contributed by atoms with Crippen molar-refractivity contribution in [1.29, 1.82) is 0 Å². The van der Waals surface area contributed by atoms with Gasteiger partial charge in [0.15, 0.2) is 0 Å². The minimum Gasteiger partial charge on any atom is -0.395 e. The summed E-state index contributed by atoms with van der Waals surface area (Å²) in [6.45, 7) is 2.92. The molecule has 2 N–H and O–H groups in total. The van der Waals surface area contributed by atoms with Crippen molar-refractivity contribution in [3.8, 4) is 0 Å². The summed E-state index contributed by atoms with van der Waals surface area (Å²) in [5.74, 6) is 0.529. The number of aliphatic hydroxyl groups is 1. The van der Waals surface area contributed by atoms with Crippen LogP contribution in [0.3, 0.4) is 0 Å². The number of likely N-dealkylation sites (tertiary alicyclic amines) is 1. The molecule has 3 heterocycles. The van der Waals surface area contributed by atoms with E-state index in [4.69, 9.17) is 5.11 Å². The molecule has 1 aliphatic rings. The zero-order chi connectivity index (χ0) is 16.5. The summed E-state index contributed by atoms with van der Waals surface area (Å²) in [5, 5.41) is 17.8. The summed E-state index contributed by atoms with van der Waals surface area (Å²) >= 11 is 0. The van der Waals surface area contributed by atoms with E-state index in [-0.39, 0.29) is 12.4 Å². The van der Waals surface area contributed by atoms with Crippen LogP contribution in [0, 0.1) is 5.82 Å². The molecule has 0 amide bonds. The Bertz CT molecular complexity index is 857. The number of rotatable bonds is 4. The monoisotopic (exact) mass is 329 g/mol. The van der Waals surface area contributed by atoms with Crippen LogP contribution >= 0.6 is 0 Å². The molecule has 1 aliphatic heterocycles. The second-order valence-electron chi connectivity index (χ2n) is 6.25. The van der Waals surface area contributed by atoms with Gasteiger partial charge in [-0.25, -0.2) is 13.9 Å². The molecule has 0 unspecified atom stereocenters. The molecule has 1 fully saturated rings. The first-order valence-electron chi connectivity index (χ1n) is 8.26. The highest BCUT2D eigenvalue weighted by Gasteiger charge is 2.19. The van der Waals surface area contributed by atoms with Crippen LogP contribution in [0.2, 0.25) is 0 Å². The number of hydrogen-bond acceptors (Lipinski definition) is 5. The zero-order valence-corrected chi connectivity index (χ0v) is 13.3. The molecule has 0 radical (unpaired) electrons. The summed E-state index contributed by atoms with van der Waals surface area (Å²) in [4.78, 5) is 6.69. The van der Waals surface area contributed by atoms with Gasteiger partial charge in [0, 0.05) is 43.2 Å². The molecule has 0 atom stereocenters. The van der Waals surface area contributed by atoms with Crippen LogP contribution in [-0.2, 0) is 0 Å². The standard InChI is InChI=1S/C17H20FN5O/c18-12-1-2-14-15(9-12)21-23-11-19-17(10-16(14)23)20-13-3-5-22(6-4-13)7-8-24/h1-2,9-11,13,20,24H,3-8H2. The van der Waals surface area contributed by atoms with Crippen LogP contribution in [0.25, 0.3) is 16.4 Å². The van der Waals surface area contributed by atoms with Crippen LogP contribution < -0.4 is 5.32 Å². The van der Waals surface area contributed by atoms with Crippen molar-refractivity contribution >= 4 is 22.2 Å². The lowest BCUT2D eigenvalue weighted by Gasteiger charge is -2.32. The van der Waals surface area contributed by atoms with Crippen molar-refractivity contribution < 1.29 is 9.50 Å². The van der Waals surface area contributed by atoms with Gasteiger partial charge >= 0.3 is 0 Å². The lowest BCUT2D eigenvalue weighted by molar-refractivity contribution is 0.168. The van der Waals surface area contributed by atoms with E-state index in [2.05, 4.69) is 20.3 Å². The molecule has 0 aliphatic carbocycles. The summed E-state index contributed by atoms with van der Waals surface area (Å²) in [7, 11) is 0. The highest BCUT2D eigenvalue weighted by atomic mass is 19.1. The Morgan fingerprint density at radius 1 is 1.25 bits per heavy atom. The van der Waals surface area contributed by atoms with Crippen LogP contribution in [0.1, 0.15) is 12.8 Å². The van der Waals surface area contributed by atoms with E-state index in [9.17, 15) is 4.39 Å². The summed E-state index contributed by atoms with van der Waals surface area (Å²) in [5.41, 5.74) is 1.55. The maximum Gasteiger partial charge on any atom is 0.130 e. The topological polar surface area (TPSA) is 65.7 Å². The van der Waals surface area contributed by atoms with Crippen LogP contribution in [0.4, 0.5) is 10.2 Å². The number of benzene rings is 1. The summed E-state index contributed by atoms with van der Waals surface area (Å²) in [6.07, 6.45) is 3.71. The molecular weight excluding hydrogens is 309 g/mol. The molecule has 4 rings (SSSR count). The average Bonchev–Trinajstić information content (AvgIpc) is 2.94. The molecule has 1 saturated heterocycles. The van der Waals surface area contributed by atoms with E-state index in [1.807, 2.05) is 6.07 Å². The second-order valence-corrected chi connectivity index (χ2v) is 6.25. The molecule has 1 aromatic carbocycles. The number of piperidine rings is 1. The van der Waals surface area contributed by atoms with Crippen molar-refractivity contribution in [2.24, 2.45) is 0 Å². The predicted octanol–water partition coefficient (Wildman–Crippen LogP) is 1.89. The third-order valence-electron chi connectivity index (χ3n) is 4.63. The van der Waals surface area contributed by atoms with Gasteiger partial charge in [-0.2, -0.15) is 5.10 Å². The number of halogens is 1. The summed E-state index contributed by atoms with van der Waals surface area (Å²) < 4.78 is 15.0. The minimum absolute atomic E-state index is 0.213. The van der Waals surface area contributed by atoms with E-state index in [0.717, 1.165) is 49.2 Å². The number of hydrogen-bond donors (Lipinski definition) is 2. The fraction of sp³-hybridized carbons (Fsp3) is 0.412. The Balaban J connectivity index is 1.54. The number of nitrogens with one attached hydrogen (secondary N) is 1. The van der Waals surface area contributed by atoms with Crippen molar-refractivity contribution in [2.45, 2.75) is 18.9 Å². The molecule has 3 aromatic rings. The Kier molecular flexibility index (Phi) is 4.03. The zero-order valence-electron chi connectivity index (χ0n) is 13.3. The van der Waals surface area contributed by atoms with Crippen molar-refractivity contribution in [1.82, 2.24) is 19.5 Å². The lowest BCUT2D eigenvalue weighted by Crippen LogP contribution is -2.40. The van der Waals surface area contributed by atoms with Crippen LogP contribution in [-0.4, -0.2) is 56.9 Å². The fourth-order valence-corrected chi connectivity index (χ4v) is 3.34. The Labute approximate surface area is 138 Å². The molecule has 0 spiro atoms. The van der Waals surface area contributed by atoms with Gasteiger partial charge in [-0.05, 0) is 25.0 Å². The SMILES string of the molecule is OCCN1CCC(Nc2cc3c4ccc(F)cc4nn3cn2)CC1. The second kappa shape index (κ2) is 6.33. The Morgan fingerprint density at radius 3 is 2.88 bits per heavy atom.